The van der Waals surface area contributed by atoms with Crippen molar-refractivity contribution in [2.45, 2.75) is 44.3 Å². The van der Waals surface area contributed by atoms with Crippen LogP contribution in [0.15, 0.2) is 18.3 Å². The van der Waals surface area contributed by atoms with E-state index in [1.807, 2.05) is 0 Å². The number of nitrogens with zero attached hydrogens (tertiary/aromatic N) is 1. The summed E-state index contributed by atoms with van der Waals surface area (Å²) in [4.78, 5) is 4.16. The fraction of sp³-hybridized carbons (Fsp3) is 0.667. The zero-order valence-electron chi connectivity index (χ0n) is 11.4. The van der Waals surface area contributed by atoms with E-state index in [9.17, 15) is 4.39 Å². The first-order valence-corrected chi connectivity index (χ1v) is 7.17. The first-order chi connectivity index (χ1) is 9.17. The normalized spacial score (nSPS) is 35.5. The van der Waals surface area contributed by atoms with Crippen LogP contribution in [0.5, 0.6) is 0 Å². The maximum absolute atomic E-state index is 12.9. The van der Waals surface area contributed by atoms with Crippen molar-refractivity contribution in [1.29, 1.82) is 0 Å². The molecule has 3 rings (SSSR count). The highest BCUT2D eigenvalue weighted by Gasteiger charge is 2.40. The van der Waals surface area contributed by atoms with Gasteiger partial charge in [0.25, 0.3) is 0 Å². The lowest BCUT2D eigenvalue weighted by Crippen LogP contribution is -2.53. The first kappa shape index (κ1) is 13.0. The highest BCUT2D eigenvalue weighted by atomic mass is 19.1. The summed E-state index contributed by atoms with van der Waals surface area (Å²) in [6.07, 6.45) is 5.96. The zero-order valence-corrected chi connectivity index (χ0v) is 11.4. The van der Waals surface area contributed by atoms with Crippen molar-refractivity contribution in [2.24, 2.45) is 5.92 Å². The van der Waals surface area contributed by atoms with E-state index in [-0.39, 0.29) is 17.5 Å². The summed E-state index contributed by atoms with van der Waals surface area (Å²) in [7, 11) is 0. The third kappa shape index (κ3) is 2.79. The number of halogens is 1. The number of hydrogen-bond donors (Lipinski definition) is 1. The molecule has 0 amide bonds. The molecule has 1 saturated carbocycles. The van der Waals surface area contributed by atoms with E-state index >= 15 is 0 Å². The van der Waals surface area contributed by atoms with E-state index < -0.39 is 0 Å². The molecule has 19 heavy (non-hydrogen) atoms. The Morgan fingerprint density at radius 2 is 2.37 bits per heavy atom. The van der Waals surface area contributed by atoms with Crippen LogP contribution in [-0.4, -0.2) is 23.7 Å². The van der Waals surface area contributed by atoms with Crippen LogP contribution < -0.4 is 5.32 Å². The summed E-state index contributed by atoms with van der Waals surface area (Å²) < 4.78 is 19.3. The molecule has 2 aliphatic rings. The van der Waals surface area contributed by atoms with Gasteiger partial charge in [-0.1, -0.05) is 19.8 Å². The maximum atomic E-state index is 12.9. The Kier molecular flexibility index (Phi) is 3.54. The SMILES string of the molecule is CC1CCCC2(CNCC(c3ccc(F)cn3)O2)C1. The van der Waals surface area contributed by atoms with Crippen molar-refractivity contribution in [3.8, 4) is 0 Å². The zero-order chi connectivity index (χ0) is 13.3. The monoisotopic (exact) mass is 264 g/mol. The van der Waals surface area contributed by atoms with Gasteiger partial charge in [-0.05, 0) is 30.9 Å². The van der Waals surface area contributed by atoms with Crippen LogP contribution in [0.4, 0.5) is 4.39 Å². The summed E-state index contributed by atoms with van der Waals surface area (Å²) >= 11 is 0. The van der Waals surface area contributed by atoms with Gasteiger partial charge in [0, 0.05) is 13.1 Å². The molecule has 0 bridgehead atoms. The molecule has 1 saturated heterocycles. The molecule has 1 aliphatic heterocycles. The fourth-order valence-electron chi connectivity index (χ4n) is 3.44. The Labute approximate surface area is 113 Å². The molecule has 1 aromatic rings. The van der Waals surface area contributed by atoms with Gasteiger partial charge in [-0.25, -0.2) is 4.39 Å². The van der Waals surface area contributed by atoms with E-state index in [2.05, 4.69) is 17.2 Å². The molecule has 2 fully saturated rings. The fourth-order valence-corrected chi connectivity index (χ4v) is 3.44. The minimum atomic E-state index is -0.298. The van der Waals surface area contributed by atoms with Crippen LogP contribution in [0, 0.1) is 11.7 Å². The average Bonchev–Trinajstić information content (AvgIpc) is 2.39. The molecule has 2 heterocycles. The van der Waals surface area contributed by atoms with Gasteiger partial charge >= 0.3 is 0 Å². The molecular weight excluding hydrogens is 243 g/mol. The van der Waals surface area contributed by atoms with Crippen molar-refractivity contribution in [3.63, 3.8) is 0 Å². The quantitative estimate of drug-likeness (QED) is 0.847. The van der Waals surface area contributed by atoms with Crippen LogP contribution in [0.25, 0.3) is 0 Å². The molecule has 3 nitrogen and oxygen atoms in total. The summed E-state index contributed by atoms with van der Waals surface area (Å²) in [5.41, 5.74) is 0.780. The van der Waals surface area contributed by atoms with Gasteiger partial charge in [-0.3, -0.25) is 4.98 Å². The average molecular weight is 264 g/mol. The number of nitrogens with one attached hydrogen (secondary N) is 1. The summed E-state index contributed by atoms with van der Waals surface area (Å²) in [6.45, 7) is 3.98. The van der Waals surface area contributed by atoms with Crippen LogP contribution >= 0.6 is 0 Å². The van der Waals surface area contributed by atoms with Gasteiger partial charge in [0.05, 0.1) is 17.5 Å². The minimum absolute atomic E-state index is 0.0450. The molecule has 1 spiro atoms. The van der Waals surface area contributed by atoms with Gasteiger partial charge < -0.3 is 10.1 Å². The van der Waals surface area contributed by atoms with E-state index in [1.165, 1.54) is 25.1 Å². The maximum Gasteiger partial charge on any atom is 0.141 e. The minimum Gasteiger partial charge on any atom is -0.363 e. The molecule has 1 aromatic heterocycles. The predicted molar refractivity (Wildman–Crippen MR) is 71.3 cm³/mol. The Bertz CT molecular complexity index is 432. The second kappa shape index (κ2) is 5.17. The van der Waals surface area contributed by atoms with Crippen LogP contribution in [0.3, 0.4) is 0 Å². The Hall–Kier alpha value is -1.00. The van der Waals surface area contributed by atoms with E-state index in [1.54, 1.807) is 6.07 Å². The molecule has 3 unspecified atom stereocenters. The van der Waals surface area contributed by atoms with E-state index in [4.69, 9.17) is 4.74 Å². The molecule has 3 atom stereocenters. The van der Waals surface area contributed by atoms with Crippen molar-refractivity contribution < 1.29 is 9.13 Å². The predicted octanol–water partition coefficient (Wildman–Crippen LogP) is 2.83. The second-order valence-electron chi connectivity index (χ2n) is 6.02. The van der Waals surface area contributed by atoms with Crippen molar-refractivity contribution in [2.75, 3.05) is 13.1 Å². The lowest BCUT2D eigenvalue weighted by molar-refractivity contribution is -0.144. The van der Waals surface area contributed by atoms with Gasteiger partial charge in [0.1, 0.15) is 11.9 Å². The number of hydrogen-bond acceptors (Lipinski definition) is 3. The van der Waals surface area contributed by atoms with Crippen LogP contribution in [-0.2, 0) is 4.74 Å². The van der Waals surface area contributed by atoms with Crippen LogP contribution in [0.1, 0.15) is 44.4 Å². The standard InChI is InChI=1S/C15H21FN2O/c1-11-3-2-6-15(7-11)10-17-9-14(19-15)13-5-4-12(16)8-18-13/h4-5,8,11,14,17H,2-3,6-7,9-10H2,1H3. The van der Waals surface area contributed by atoms with Crippen molar-refractivity contribution >= 4 is 0 Å². The molecule has 104 valence electrons. The molecule has 4 heteroatoms. The third-order valence-electron chi connectivity index (χ3n) is 4.30. The van der Waals surface area contributed by atoms with Gasteiger partial charge in [-0.15, -0.1) is 0 Å². The van der Waals surface area contributed by atoms with E-state index in [0.717, 1.165) is 37.5 Å². The number of aromatic nitrogens is 1. The second-order valence-corrected chi connectivity index (χ2v) is 6.02. The summed E-state index contributed by atoms with van der Waals surface area (Å²) in [6, 6.07) is 3.18. The number of ether oxygens (including phenoxy) is 1. The van der Waals surface area contributed by atoms with Gasteiger partial charge in [-0.2, -0.15) is 0 Å². The summed E-state index contributed by atoms with van der Waals surface area (Å²) in [5.74, 6) is 0.420. The van der Waals surface area contributed by atoms with Gasteiger partial charge in [0.15, 0.2) is 0 Å². The first-order valence-electron chi connectivity index (χ1n) is 7.17. The lowest BCUT2D eigenvalue weighted by Gasteiger charge is -2.45. The van der Waals surface area contributed by atoms with Crippen molar-refractivity contribution in [3.05, 3.63) is 29.8 Å². The molecule has 1 N–H and O–H groups in total. The molecule has 0 aromatic carbocycles. The number of morpholine rings is 1. The number of pyridine rings is 1. The smallest absolute Gasteiger partial charge is 0.141 e. The van der Waals surface area contributed by atoms with Gasteiger partial charge in [0.2, 0.25) is 0 Å². The molecule has 0 radical (unpaired) electrons. The highest BCUT2D eigenvalue weighted by Crippen LogP contribution is 2.39. The summed E-state index contributed by atoms with van der Waals surface area (Å²) in [5, 5.41) is 3.47. The van der Waals surface area contributed by atoms with Crippen molar-refractivity contribution in [1.82, 2.24) is 10.3 Å². The lowest BCUT2D eigenvalue weighted by atomic mass is 9.78. The third-order valence-corrected chi connectivity index (χ3v) is 4.30. The van der Waals surface area contributed by atoms with E-state index in [0.29, 0.717) is 0 Å². The largest absolute Gasteiger partial charge is 0.363 e. The molecule has 1 aliphatic carbocycles. The Morgan fingerprint density at radius 1 is 1.47 bits per heavy atom. The molecular formula is C15H21FN2O. The topological polar surface area (TPSA) is 34.2 Å². The Morgan fingerprint density at radius 3 is 3.11 bits per heavy atom. The number of rotatable bonds is 1. The Balaban J connectivity index is 1.75. The van der Waals surface area contributed by atoms with Crippen LogP contribution in [0.2, 0.25) is 0 Å². The highest BCUT2D eigenvalue weighted by molar-refractivity contribution is 5.10.